The summed E-state index contributed by atoms with van der Waals surface area (Å²) in [6, 6.07) is 13.7. The summed E-state index contributed by atoms with van der Waals surface area (Å²) in [5.41, 5.74) is 2.28. The zero-order chi connectivity index (χ0) is 21.2. The number of benzene rings is 2. The molecule has 1 unspecified atom stereocenters. The first-order valence-corrected chi connectivity index (χ1v) is 11.1. The van der Waals surface area contributed by atoms with Crippen molar-refractivity contribution >= 4 is 35.0 Å². The highest BCUT2D eigenvalue weighted by atomic mass is 35.5. The van der Waals surface area contributed by atoms with E-state index in [1.165, 1.54) is 5.56 Å². The Balaban J connectivity index is 1.68. The van der Waals surface area contributed by atoms with Gasteiger partial charge in [0.15, 0.2) is 17.1 Å². The summed E-state index contributed by atoms with van der Waals surface area (Å²) in [4.78, 5) is 0. The van der Waals surface area contributed by atoms with Crippen LogP contribution in [0, 0.1) is 0 Å². The van der Waals surface area contributed by atoms with Crippen LogP contribution >= 0.6 is 35.0 Å². The van der Waals surface area contributed by atoms with Gasteiger partial charge in [0, 0.05) is 22.8 Å². The summed E-state index contributed by atoms with van der Waals surface area (Å²) < 4.78 is 8.04. The second-order valence-electron chi connectivity index (χ2n) is 7.92. The molecule has 3 rings (SSSR count). The molecule has 7 heteroatoms. The maximum Gasteiger partial charge on any atom is 0.191 e. The van der Waals surface area contributed by atoms with Crippen LogP contribution < -0.4 is 4.74 Å². The summed E-state index contributed by atoms with van der Waals surface area (Å²) in [6.45, 7) is 8.56. The number of hydrogen-bond donors (Lipinski definition) is 0. The van der Waals surface area contributed by atoms with Gasteiger partial charge in [-0.25, -0.2) is 0 Å². The van der Waals surface area contributed by atoms with E-state index in [2.05, 4.69) is 43.1 Å². The van der Waals surface area contributed by atoms with E-state index in [-0.39, 0.29) is 11.5 Å². The molecular weight excluding hydrogens is 425 g/mol. The number of ether oxygens (including phenoxy) is 1. The van der Waals surface area contributed by atoms with Crippen molar-refractivity contribution in [2.24, 2.45) is 7.05 Å². The molecule has 0 aliphatic carbocycles. The Hall–Kier alpha value is -1.69. The van der Waals surface area contributed by atoms with Gasteiger partial charge in [-0.1, -0.05) is 73.9 Å². The molecule has 0 amide bonds. The van der Waals surface area contributed by atoms with Crippen LogP contribution in [0.15, 0.2) is 47.6 Å². The van der Waals surface area contributed by atoms with Gasteiger partial charge < -0.3 is 9.30 Å². The molecule has 0 N–H and O–H groups in total. The lowest BCUT2D eigenvalue weighted by atomic mass is 9.87. The Morgan fingerprint density at radius 1 is 1.03 bits per heavy atom. The molecule has 154 valence electrons. The van der Waals surface area contributed by atoms with Crippen LogP contribution in [0.2, 0.25) is 10.0 Å². The zero-order valence-corrected chi connectivity index (χ0v) is 19.6. The molecule has 0 spiro atoms. The van der Waals surface area contributed by atoms with E-state index in [0.717, 1.165) is 22.3 Å². The van der Waals surface area contributed by atoms with Gasteiger partial charge in [0.05, 0.1) is 0 Å². The fraction of sp³-hybridized carbons (Fsp3) is 0.364. The Bertz CT molecular complexity index is 960. The highest BCUT2D eigenvalue weighted by molar-refractivity contribution is 7.98. The fourth-order valence-corrected chi connectivity index (χ4v) is 4.56. The van der Waals surface area contributed by atoms with Crippen LogP contribution in [0.4, 0.5) is 0 Å². The van der Waals surface area contributed by atoms with Gasteiger partial charge in [-0.05, 0) is 47.7 Å². The van der Waals surface area contributed by atoms with Crippen LogP contribution in [0.1, 0.15) is 50.8 Å². The number of aromatic nitrogens is 3. The van der Waals surface area contributed by atoms with E-state index < -0.39 is 0 Å². The third-order valence-electron chi connectivity index (χ3n) is 4.67. The van der Waals surface area contributed by atoms with Crippen LogP contribution in [0.5, 0.6) is 5.75 Å². The summed E-state index contributed by atoms with van der Waals surface area (Å²) in [7, 11) is 1.94. The Morgan fingerprint density at radius 3 is 2.24 bits per heavy atom. The van der Waals surface area contributed by atoms with Crippen molar-refractivity contribution < 1.29 is 4.74 Å². The lowest BCUT2D eigenvalue weighted by Gasteiger charge is -2.20. The second-order valence-corrected chi connectivity index (χ2v) is 9.68. The van der Waals surface area contributed by atoms with Crippen molar-refractivity contribution in [3.63, 3.8) is 0 Å². The molecule has 0 radical (unpaired) electrons. The highest BCUT2D eigenvalue weighted by Gasteiger charge is 2.19. The molecule has 0 aliphatic rings. The predicted molar refractivity (Wildman–Crippen MR) is 121 cm³/mol. The quantitative estimate of drug-likeness (QED) is 0.385. The molecule has 0 aliphatic heterocycles. The number of rotatable bonds is 6. The van der Waals surface area contributed by atoms with E-state index in [4.69, 9.17) is 27.9 Å². The largest absolute Gasteiger partial charge is 0.483 e. The topological polar surface area (TPSA) is 39.9 Å². The second kappa shape index (κ2) is 8.99. The standard InChI is InChI=1S/C22H25Cl2N3OS/c1-14(28-16-11-9-15(10-12-16)22(2,3)4)20-25-26-21(27(20)5)29-13-17-18(23)7-6-8-19(17)24/h6-12,14H,13H2,1-5H3. The molecule has 0 fully saturated rings. The van der Waals surface area contributed by atoms with Gasteiger partial charge in [-0.3, -0.25) is 0 Å². The molecule has 0 saturated heterocycles. The molecule has 1 aromatic heterocycles. The van der Waals surface area contributed by atoms with Gasteiger partial charge in [-0.15, -0.1) is 10.2 Å². The number of thioether (sulfide) groups is 1. The average molecular weight is 450 g/mol. The maximum atomic E-state index is 6.26. The van der Waals surface area contributed by atoms with E-state index in [1.54, 1.807) is 11.8 Å². The Morgan fingerprint density at radius 2 is 1.66 bits per heavy atom. The first-order valence-electron chi connectivity index (χ1n) is 9.39. The SMILES string of the molecule is CC(Oc1ccc(C(C)(C)C)cc1)c1nnc(SCc2c(Cl)cccc2Cl)n1C. The minimum Gasteiger partial charge on any atom is -0.483 e. The van der Waals surface area contributed by atoms with Crippen LogP contribution in [0.25, 0.3) is 0 Å². The van der Waals surface area contributed by atoms with E-state index in [0.29, 0.717) is 15.8 Å². The van der Waals surface area contributed by atoms with E-state index in [1.807, 2.05) is 48.9 Å². The smallest absolute Gasteiger partial charge is 0.191 e. The van der Waals surface area contributed by atoms with Gasteiger partial charge >= 0.3 is 0 Å². The Labute approximate surface area is 186 Å². The highest BCUT2D eigenvalue weighted by Crippen LogP contribution is 2.32. The fourth-order valence-electron chi connectivity index (χ4n) is 2.90. The third-order valence-corrected chi connectivity index (χ3v) is 6.43. The Kier molecular flexibility index (Phi) is 6.82. The molecule has 1 atom stereocenters. The van der Waals surface area contributed by atoms with E-state index >= 15 is 0 Å². The first kappa shape index (κ1) is 22.0. The third kappa shape index (κ3) is 5.27. The van der Waals surface area contributed by atoms with E-state index in [9.17, 15) is 0 Å². The van der Waals surface area contributed by atoms with Gasteiger partial charge in [0.25, 0.3) is 0 Å². The maximum absolute atomic E-state index is 6.26. The van der Waals surface area contributed by atoms with Crippen molar-refractivity contribution in [1.29, 1.82) is 0 Å². The molecule has 29 heavy (non-hydrogen) atoms. The lowest BCUT2D eigenvalue weighted by molar-refractivity contribution is 0.211. The normalized spacial score (nSPS) is 12.8. The number of hydrogen-bond acceptors (Lipinski definition) is 4. The zero-order valence-electron chi connectivity index (χ0n) is 17.2. The van der Waals surface area contributed by atoms with Crippen LogP contribution in [-0.4, -0.2) is 14.8 Å². The number of halogens is 2. The molecule has 0 saturated carbocycles. The van der Waals surface area contributed by atoms with Crippen molar-refractivity contribution in [2.45, 2.75) is 50.1 Å². The van der Waals surface area contributed by atoms with Gasteiger partial charge in [-0.2, -0.15) is 0 Å². The predicted octanol–water partition coefficient (Wildman–Crippen LogP) is 6.85. The summed E-state index contributed by atoms with van der Waals surface area (Å²) >= 11 is 14.1. The van der Waals surface area contributed by atoms with Crippen LogP contribution in [0.3, 0.4) is 0 Å². The molecule has 0 bridgehead atoms. The first-order chi connectivity index (χ1) is 13.7. The average Bonchev–Trinajstić information content (AvgIpc) is 3.02. The minimum atomic E-state index is -0.230. The monoisotopic (exact) mass is 449 g/mol. The molecule has 1 heterocycles. The number of nitrogens with zero attached hydrogens (tertiary/aromatic N) is 3. The van der Waals surface area contributed by atoms with Crippen molar-refractivity contribution in [3.8, 4) is 5.75 Å². The summed E-state index contributed by atoms with van der Waals surface area (Å²) in [5, 5.41) is 10.7. The summed E-state index contributed by atoms with van der Waals surface area (Å²) in [5.74, 6) is 2.19. The lowest BCUT2D eigenvalue weighted by Crippen LogP contribution is -2.12. The van der Waals surface area contributed by atoms with Crippen molar-refractivity contribution in [1.82, 2.24) is 14.8 Å². The molecular formula is C22H25Cl2N3OS. The van der Waals surface area contributed by atoms with Crippen LogP contribution in [-0.2, 0) is 18.2 Å². The van der Waals surface area contributed by atoms with Crippen molar-refractivity contribution in [3.05, 3.63) is 69.5 Å². The van der Waals surface area contributed by atoms with Crippen molar-refractivity contribution in [2.75, 3.05) is 0 Å². The molecule has 2 aromatic carbocycles. The molecule has 4 nitrogen and oxygen atoms in total. The van der Waals surface area contributed by atoms with Gasteiger partial charge in [0.1, 0.15) is 5.75 Å². The summed E-state index contributed by atoms with van der Waals surface area (Å²) in [6.07, 6.45) is -0.230. The minimum absolute atomic E-state index is 0.115. The van der Waals surface area contributed by atoms with Gasteiger partial charge in [0.2, 0.25) is 0 Å². The molecule has 3 aromatic rings.